The van der Waals surface area contributed by atoms with Gasteiger partial charge < -0.3 is 10.6 Å². The van der Waals surface area contributed by atoms with Crippen molar-refractivity contribution in [3.05, 3.63) is 76.8 Å². The quantitative estimate of drug-likeness (QED) is 0.723. The van der Waals surface area contributed by atoms with Gasteiger partial charge in [-0.15, -0.1) is 0 Å². The van der Waals surface area contributed by atoms with E-state index in [4.69, 9.17) is 16.9 Å². The molecule has 0 aliphatic heterocycles. The molecule has 0 atom stereocenters. The Morgan fingerprint density at radius 2 is 1.73 bits per heavy atom. The topological polar surface area (TPSA) is 90.7 Å². The summed E-state index contributed by atoms with van der Waals surface area (Å²) in [5, 5.41) is 14.2. The third kappa shape index (κ3) is 4.12. The lowest BCUT2D eigenvalue weighted by molar-refractivity contribution is 0.102. The van der Waals surface area contributed by atoms with E-state index in [2.05, 4.69) is 20.6 Å². The molecule has 0 fully saturated rings. The van der Waals surface area contributed by atoms with Crippen LogP contribution in [-0.4, -0.2) is 15.9 Å². The Morgan fingerprint density at radius 1 is 1.08 bits per heavy atom. The zero-order valence-corrected chi connectivity index (χ0v) is 14.0. The standard InChI is InChI=1S/C18H11ClFN5O/c19-15-7-14(5-6-16(15)20)24-17(26)12-9-22-18(23-10-12)25-13-3-1-11(8-21)2-4-13/h1-7,9-10H,(H,24,26)(H,22,23,25). The van der Waals surface area contributed by atoms with Crippen molar-refractivity contribution in [1.82, 2.24) is 9.97 Å². The molecule has 26 heavy (non-hydrogen) atoms. The Labute approximate surface area is 153 Å². The average molecular weight is 368 g/mol. The number of carbonyl (C=O) groups excluding carboxylic acids is 1. The maximum Gasteiger partial charge on any atom is 0.258 e. The fourth-order valence-corrected chi connectivity index (χ4v) is 2.22. The molecule has 0 saturated heterocycles. The summed E-state index contributed by atoms with van der Waals surface area (Å²) in [7, 11) is 0. The number of nitriles is 1. The van der Waals surface area contributed by atoms with E-state index in [9.17, 15) is 9.18 Å². The van der Waals surface area contributed by atoms with Gasteiger partial charge in [0.1, 0.15) is 5.82 Å². The van der Waals surface area contributed by atoms with E-state index in [1.807, 2.05) is 6.07 Å². The van der Waals surface area contributed by atoms with Crippen LogP contribution >= 0.6 is 11.6 Å². The van der Waals surface area contributed by atoms with E-state index < -0.39 is 11.7 Å². The summed E-state index contributed by atoms with van der Waals surface area (Å²) in [6.45, 7) is 0. The molecule has 128 valence electrons. The SMILES string of the molecule is N#Cc1ccc(Nc2ncc(C(=O)Nc3ccc(F)c(Cl)c3)cn2)cc1. The Balaban J connectivity index is 1.67. The summed E-state index contributed by atoms with van der Waals surface area (Å²) < 4.78 is 13.1. The van der Waals surface area contributed by atoms with Crippen LogP contribution in [0.25, 0.3) is 0 Å². The molecule has 6 nitrogen and oxygen atoms in total. The summed E-state index contributed by atoms with van der Waals surface area (Å²) in [5.41, 5.74) is 1.85. The van der Waals surface area contributed by atoms with Gasteiger partial charge in [0, 0.05) is 23.8 Å². The van der Waals surface area contributed by atoms with Gasteiger partial charge in [-0.25, -0.2) is 14.4 Å². The third-order valence-corrected chi connectivity index (χ3v) is 3.65. The van der Waals surface area contributed by atoms with Gasteiger partial charge in [-0.2, -0.15) is 5.26 Å². The Kier molecular flexibility index (Phi) is 5.06. The zero-order chi connectivity index (χ0) is 18.5. The number of rotatable bonds is 4. The van der Waals surface area contributed by atoms with Crippen molar-refractivity contribution in [2.24, 2.45) is 0 Å². The van der Waals surface area contributed by atoms with Crippen molar-refractivity contribution in [3.63, 3.8) is 0 Å². The molecule has 8 heteroatoms. The van der Waals surface area contributed by atoms with Crippen LogP contribution in [-0.2, 0) is 0 Å². The van der Waals surface area contributed by atoms with Gasteiger partial charge in [0.25, 0.3) is 5.91 Å². The first-order chi connectivity index (χ1) is 12.5. The van der Waals surface area contributed by atoms with Gasteiger partial charge in [-0.1, -0.05) is 11.6 Å². The molecule has 1 amide bonds. The summed E-state index contributed by atoms with van der Waals surface area (Å²) in [6.07, 6.45) is 2.72. The van der Waals surface area contributed by atoms with Crippen LogP contribution in [0.15, 0.2) is 54.9 Å². The molecule has 2 aromatic carbocycles. The van der Waals surface area contributed by atoms with Gasteiger partial charge in [0.05, 0.1) is 22.2 Å². The Hall–Kier alpha value is -3.50. The van der Waals surface area contributed by atoms with Crippen molar-refractivity contribution < 1.29 is 9.18 Å². The maximum atomic E-state index is 13.1. The number of carbonyl (C=O) groups is 1. The molecular formula is C18H11ClFN5O. The number of aromatic nitrogens is 2. The zero-order valence-electron chi connectivity index (χ0n) is 13.2. The largest absolute Gasteiger partial charge is 0.324 e. The lowest BCUT2D eigenvalue weighted by Crippen LogP contribution is -2.13. The number of halogens is 2. The summed E-state index contributed by atoms with van der Waals surface area (Å²) in [6, 6.07) is 12.7. The highest BCUT2D eigenvalue weighted by molar-refractivity contribution is 6.31. The second-order valence-corrected chi connectivity index (χ2v) is 5.60. The minimum absolute atomic E-state index is 0.0824. The van der Waals surface area contributed by atoms with Crippen LogP contribution in [0.5, 0.6) is 0 Å². The number of anilines is 3. The number of nitrogens with one attached hydrogen (secondary N) is 2. The predicted molar refractivity (Wildman–Crippen MR) is 95.8 cm³/mol. The molecule has 1 aromatic heterocycles. The monoisotopic (exact) mass is 367 g/mol. The fourth-order valence-electron chi connectivity index (χ4n) is 2.04. The number of hydrogen-bond donors (Lipinski definition) is 2. The van der Waals surface area contributed by atoms with Crippen LogP contribution in [0.3, 0.4) is 0 Å². The van der Waals surface area contributed by atoms with Crippen molar-refractivity contribution >= 4 is 34.8 Å². The van der Waals surface area contributed by atoms with Gasteiger partial charge >= 0.3 is 0 Å². The first-order valence-corrected chi connectivity index (χ1v) is 7.78. The van der Waals surface area contributed by atoms with Crippen LogP contribution in [0.1, 0.15) is 15.9 Å². The smallest absolute Gasteiger partial charge is 0.258 e. The minimum Gasteiger partial charge on any atom is -0.324 e. The number of hydrogen-bond acceptors (Lipinski definition) is 5. The van der Waals surface area contributed by atoms with Crippen molar-refractivity contribution in [2.45, 2.75) is 0 Å². The third-order valence-electron chi connectivity index (χ3n) is 3.36. The molecule has 0 bridgehead atoms. The highest BCUT2D eigenvalue weighted by Crippen LogP contribution is 2.20. The number of amides is 1. The minimum atomic E-state index is -0.564. The Morgan fingerprint density at radius 3 is 2.35 bits per heavy atom. The lowest BCUT2D eigenvalue weighted by atomic mass is 10.2. The number of nitrogens with zero attached hydrogens (tertiary/aromatic N) is 3. The fraction of sp³-hybridized carbons (Fsp3) is 0. The van der Waals surface area contributed by atoms with E-state index >= 15 is 0 Å². The molecule has 0 unspecified atom stereocenters. The summed E-state index contributed by atoms with van der Waals surface area (Å²) >= 11 is 5.68. The summed E-state index contributed by atoms with van der Waals surface area (Å²) in [4.78, 5) is 20.3. The van der Waals surface area contributed by atoms with Crippen molar-refractivity contribution in [2.75, 3.05) is 10.6 Å². The second kappa shape index (κ2) is 7.59. The van der Waals surface area contributed by atoms with Gasteiger partial charge in [0.15, 0.2) is 0 Å². The van der Waals surface area contributed by atoms with E-state index in [1.165, 1.54) is 30.6 Å². The highest BCUT2D eigenvalue weighted by Gasteiger charge is 2.09. The van der Waals surface area contributed by atoms with E-state index in [0.717, 1.165) is 0 Å². The van der Waals surface area contributed by atoms with E-state index in [1.54, 1.807) is 24.3 Å². The molecular weight excluding hydrogens is 357 g/mol. The first-order valence-electron chi connectivity index (χ1n) is 7.41. The molecule has 3 aromatic rings. The molecule has 3 rings (SSSR count). The lowest BCUT2D eigenvalue weighted by Gasteiger charge is -2.07. The van der Waals surface area contributed by atoms with Crippen LogP contribution in [0.4, 0.5) is 21.7 Å². The highest BCUT2D eigenvalue weighted by atomic mass is 35.5. The molecule has 0 saturated carbocycles. The predicted octanol–water partition coefficient (Wildman–Crippen LogP) is 4.14. The maximum absolute atomic E-state index is 13.1. The van der Waals surface area contributed by atoms with Gasteiger partial charge in [-0.3, -0.25) is 4.79 Å². The molecule has 0 radical (unpaired) electrons. The second-order valence-electron chi connectivity index (χ2n) is 5.19. The molecule has 0 spiro atoms. The van der Waals surface area contributed by atoms with Crippen molar-refractivity contribution in [1.29, 1.82) is 5.26 Å². The molecule has 2 N–H and O–H groups in total. The summed E-state index contributed by atoms with van der Waals surface area (Å²) in [5.74, 6) is -0.708. The average Bonchev–Trinajstić information content (AvgIpc) is 2.66. The van der Waals surface area contributed by atoms with Crippen LogP contribution in [0.2, 0.25) is 5.02 Å². The normalized spacial score (nSPS) is 10.0. The van der Waals surface area contributed by atoms with E-state index in [-0.39, 0.29) is 10.6 Å². The van der Waals surface area contributed by atoms with E-state index in [0.29, 0.717) is 22.9 Å². The van der Waals surface area contributed by atoms with Gasteiger partial charge in [0.2, 0.25) is 5.95 Å². The molecule has 1 heterocycles. The molecule has 0 aliphatic rings. The molecule has 0 aliphatic carbocycles. The van der Waals surface area contributed by atoms with Crippen molar-refractivity contribution in [3.8, 4) is 6.07 Å². The number of benzene rings is 2. The van der Waals surface area contributed by atoms with Gasteiger partial charge in [-0.05, 0) is 42.5 Å². The van der Waals surface area contributed by atoms with Crippen LogP contribution in [0, 0.1) is 17.1 Å². The Bertz CT molecular complexity index is 984. The first kappa shape index (κ1) is 17.3. The van der Waals surface area contributed by atoms with Crippen LogP contribution < -0.4 is 10.6 Å².